The molecule has 2 fully saturated rings. The van der Waals surface area contributed by atoms with Crippen molar-refractivity contribution >= 4 is 10.9 Å². The standard InChI is InChI=1S/C17H21N3O/c18-11-15-17(20(9-10-21-15)13-6-7-13)14-5-1-3-12-4-2-8-19-16(12)14/h1-5,8,13,15,17H,6-7,9-11,18H2. The summed E-state index contributed by atoms with van der Waals surface area (Å²) in [6, 6.07) is 11.5. The van der Waals surface area contributed by atoms with E-state index in [-0.39, 0.29) is 12.1 Å². The predicted octanol–water partition coefficient (Wildman–Crippen LogP) is 2.10. The molecule has 2 aromatic rings. The van der Waals surface area contributed by atoms with E-state index in [1.807, 2.05) is 12.3 Å². The number of para-hydroxylation sites is 1. The van der Waals surface area contributed by atoms with Gasteiger partial charge in [0.2, 0.25) is 0 Å². The normalized spacial score (nSPS) is 27.1. The molecule has 110 valence electrons. The molecule has 4 heteroatoms. The lowest BCUT2D eigenvalue weighted by atomic mass is 9.95. The van der Waals surface area contributed by atoms with Crippen molar-refractivity contribution in [1.29, 1.82) is 0 Å². The summed E-state index contributed by atoms with van der Waals surface area (Å²) in [5, 5.41) is 1.19. The Morgan fingerprint density at radius 1 is 1.24 bits per heavy atom. The van der Waals surface area contributed by atoms with Crippen molar-refractivity contribution in [3.63, 3.8) is 0 Å². The molecule has 4 nitrogen and oxygen atoms in total. The molecule has 1 aromatic carbocycles. The first kappa shape index (κ1) is 13.2. The minimum Gasteiger partial charge on any atom is -0.374 e. The molecule has 0 bridgehead atoms. The Labute approximate surface area is 124 Å². The van der Waals surface area contributed by atoms with Crippen LogP contribution in [0.1, 0.15) is 24.4 Å². The average molecular weight is 283 g/mol. The molecule has 21 heavy (non-hydrogen) atoms. The van der Waals surface area contributed by atoms with Gasteiger partial charge in [-0.1, -0.05) is 24.3 Å². The van der Waals surface area contributed by atoms with E-state index in [0.29, 0.717) is 12.6 Å². The second kappa shape index (κ2) is 5.37. The van der Waals surface area contributed by atoms with Crippen molar-refractivity contribution in [2.24, 2.45) is 5.73 Å². The first-order valence-corrected chi connectivity index (χ1v) is 7.79. The number of rotatable bonds is 3. The Bertz CT molecular complexity index is 635. The van der Waals surface area contributed by atoms with E-state index in [2.05, 4.69) is 34.1 Å². The first-order valence-electron chi connectivity index (χ1n) is 7.79. The van der Waals surface area contributed by atoms with Crippen LogP contribution in [0.4, 0.5) is 0 Å². The number of ether oxygens (including phenoxy) is 1. The summed E-state index contributed by atoms with van der Waals surface area (Å²) < 4.78 is 5.96. The summed E-state index contributed by atoms with van der Waals surface area (Å²) in [5.74, 6) is 0. The molecule has 2 heterocycles. The lowest BCUT2D eigenvalue weighted by Crippen LogP contribution is -2.49. The van der Waals surface area contributed by atoms with Crippen LogP contribution in [0.15, 0.2) is 36.5 Å². The second-order valence-electron chi connectivity index (χ2n) is 5.98. The number of hydrogen-bond donors (Lipinski definition) is 1. The highest BCUT2D eigenvalue weighted by Gasteiger charge is 2.41. The minimum absolute atomic E-state index is 0.0620. The third-order valence-corrected chi connectivity index (χ3v) is 4.62. The zero-order valence-electron chi connectivity index (χ0n) is 12.1. The quantitative estimate of drug-likeness (QED) is 0.937. The fourth-order valence-electron chi connectivity index (χ4n) is 3.51. The highest BCUT2D eigenvalue weighted by molar-refractivity contribution is 5.82. The third-order valence-electron chi connectivity index (χ3n) is 4.62. The van der Waals surface area contributed by atoms with E-state index in [1.165, 1.54) is 23.8 Å². The maximum absolute atomic E-state index is 5.99. The minimum atomic E-state index is 0.0620. The smallest absolute Gasteiger partial charge is 0.0895 e. The van der Waals surface area contributed by atoms with Gasteiger partial charge in [0.25, 0.3) is 0 Å². The van der Waals surface area contributed by atoms with Gasteiger partial charge in [0, 0.05) is 30.7 Å². The van der Waals surface area contributed by atoms with Gasteiger partial charge in [0.1, 0.15) is 0 Å². The molecule has 1 aliphatic carbocycles. The molecule has 0 spiro atoms. The van der Waals surface area contributed by atoms with Gasteiger partial charge < -0.3 is 10.5 Å². The van der Waals surface area contributed by atoms with E-state index < -0.39 is 0 Å². The molecule has 0 radical (unpaired) electrons. The van der Waals surface area contributed by atoms with Gasteiger partial charge in [-0.15, -0.1) is 0 Å². The van der Waals surface area contributed by atoms with Crippen LogP contribution in [0.5, 0.6) is 0 Å². The summed E-state index contributed by atoms with van der Waals surface area (Å²) in [7, 11) is 0. The molecule has 2 aliphatic rings. The highest BCUT2D eigenvalue weighted by atomic mass is 16.5. The number of nitrogens with zero attached hydrogens (tertiary/aromatic N) is 2. The van der Waals surface area contributed by atoms with E-state index in [9.17, 15) is 0 Å². The molecule has 2 unspecified atom stereocenters. The van der Waals surface area contributed by atoms with Gasteiger partial charge in [-0.25, -0.2) is 0 Å². The van der Waals surface area contributed by atoms with Crippen molar-refractivity contribution < 1.29 is 4.74 Å². The monoisotopic (exact) mass is 283 g/mol. The van der Waals surface area contributed by atoms with Crippen LogP contribution in [0.2, 0.25) is 0 Å². The highest BCUT2D eigenvalue weighted by Crippen LogP contribution is 2.40. The number of benzene rings is 1. The summed E-state index contributed by atoms with van der Waals surface area (Å²) in [5.41, 5.74) is 8.33. The van der Waals surface area contributed by atoms with Crippen molar-refractivity contribution in [3.8, 4) is 0 Å². The van der Waals surface area contributed by atoms with Gasteiger partial charge in [-0.05, 0) is 24.5 Å². The molecule has 2 atom stereocenters. The molecule has 1 saturated carbocycles. The Hall–Kier alpha value is -1.49. The Morgan fingerprint density at radius 3 is 2.90 bits per heavy atom. The first-order chi connectivity index (χ1) is 10.4. The van der Waals surface area contributed by atoms with Crippen LogP contribution in [0, 0.1) is 0 Å². The van der Waals surface area contributed by atoms with Gasteiger partial charge in [-0.2, -0.15) is 0 Å². The van der Waals surface area contributed by atoms with Crippen LogP contribution in [0.3, 0.4) is 0 Å². The van der Waals surface area contributed by atoms with Crippen molar-refractivity contribution in [2.75, 3.05) is 19.7 Å². The van der Waals surface area contributed by atoms with Gasteiger partial charge in [0.15, 0.2) is 0 Å². The molecule has 1 saturated heterocycles. The maximum Gasteiger partial charge on any atom is 0.0895 e. The lowest BCUT2D eigenvalue weighted by molar-refractivity contribution is -0.0708. The zero-order chi connectivity index (χ0) is 14.2. The van der Waals surface area contributed by atoms with Crippen LogP contribution in [0.25, 0.3) is 10.9 Å². The Morgan fingerprint density at radius 2 is 2.10 bits per heavy atom. The predicted molar refractivity (Wildman–Crippen MR) is 83.0 cm³/mol. The Kier molecular flexibility index (Phi) is 3.37. The van der Waals surface area contributed by atoms with E-state index in [1.54, 1.807) is 0 Å². The summed E-state index contributed by atoms with van der Waals surface area (Å²) in [4.78, 5) is 7.20. The zero-order valence-corrected chi connectivity index (χ0v) is 12.1. The molecule has 4 rings (SSSR count). The number of pyridine rings is 1. The van der Waals surface area contributed by atoms with Gasteiger partial charge in [0.05, 0.1) is 24.3 Å². The molecule has 1 aliphatic heterocycles. The van der Waals surface area contributed by atoms with Crippen molar-refractivity contribution in [3.05, 3.63) is 42.1 Å². The van der Waals surface area contributed by atoms with Crippen molar-refractivity contribution in [1.82, 2.24) is 9.88 Å². The van der Waals surface area contributed by atoms with Crippen LogP contribution in [-0.4, -0.2) is 41.7 Å². The van der Waals surface area contributed by atoms with E-state index in [4.69, 9.17) is 10.5 Å². The number of hydrogen-bond acceptors (Lipinski definition) is 4. The molecule has 2 N–H and O–H groups in total. The maximum atomic E-state index is 5.99. The van der Waals surface area contributed by atoms with Crippen LogP contribution >= 0.6 is 0 Å². The van der Waals surface area contributed by atoms with Gasteiger partial charge in [-0.3, -0.25) is 9.88 Å². The fraction of sp³-hybridized carbons (Fsp3) is 0.471. The number of nitrogens with two attached hydrogens (primary N) is 1. The summed E-state index contributed by atoms with van der Waals surface area (Å²) in [6.07, 6.45) is 4.53. The molecule has 1 aromatic heterocycles. The molecular weight excluding hydrogens is 262 g/mol. The topological polar surface area (TPSA) is 51.4 Å². The molecular formula is C17H21N3O. The number of morpholine rings is 1. The van der Waals surface area contributed by atoms with Crippen LogP contribution in [-0.2, 0) is 4.74 Å². The lowest BCUT2D eigenvalue weighted by Gasteiger charge is -2.41. The van der Waals surface area contributed by atoms with Crippen molar-refractivity contribution in [2.45, 2.75) is 31.0 Å². The second-order valence-corrected chi connectivity index (χ2v) is 5.98. The molecule has 0 amide bonds. The third kappa shape index (κ3) is 2.33. The summed E-state index contributed by atoms with van der Waals surface area (Å²) in [6.45, 7) is 2.33. The average Bonchev–Trinajstić information content (AvgIpc) is 3.38. The Balaban J connectivity index is 1.82. The van der Waals surface area contributed by atoms with E-state index >= 15 is 0 Å². The summed E-state index contributed by atoms with van der Waals surface area (Å²) >= 11 is 0. The largest absolute Gasteiger partial charge is 0.374 e. The van der Waals surface area contributed by atoms with Gasteiger partial charge >= 0.3 is 0 Å². The number of fused-ring (bicyclic) bond motifs is 1. The number of aromatic nitrogens is 1. The van der Waals surface area contributed by atoms with E-state index in [0.717, 1.165) is 18.7 Å². The fourth-order valence-corrected chi connectivity index (χ4v) is 3.51. The van der Waals surface area contributed by atoms with Crippen LogP contribution < -0.4 is 5.73 Å². The SMILES string of the molecule is NCC1OCCN(C2CC2)C1c1cccc2cccnc12.